The summed E-state index contributed by atoms with van der Waals surface area (Å²) in [6.07, 6.45) is 0.965. The van der Waals surface area contributed by atoms with Crippen LogP contribution < -0.4 is 0 Å². The maximum Gasteiger partial charge on any atom is 0.0983 e. The largest absolute Gasteiger partial charge is 0.304 e. The molecular formula is C12H23N3. The molecule has 0 aromatic heterocycles. The summed E-state index contributed by atoms with van der Waals surface area (Å²) in [5.41, 5.74) is 0.240. The molecule has 0 radical (unpaired) electrons. The van der Waals surface area contributed by atoms with Gasteiger partial charge in [-0.05, 0) is 18.9 Å². The number of hydrogen-bond acceptors (Lipinski definition) is 3. The lowest BCUT2D eigenvalue weighted by atomic mass is 9.88. The smallest absolute Gasteiger partial charge is 0.0983 e. The summed E-state index contributed by atoms with van der Waals surface area (Å²) in [4.78, 5) is 4.65. The van der Waals surface area contributed by atoms with Crippen LogP contribution in [0.15, 0.2) is 0 Å². The van der Waals surface area contributed by atoms with E-state index in [1.807, 2.05) is 0 Å². The number of rotatable bonds is 2. The first kappa shape index (κ1) is 12.5. The van der Waals surface area contributed by atoms with E-state index in [9.17, 15) is 5.26 Å². The van der Waals surface area contributed by atoms with Crippen LogP contribution in [0.25, 0.3) is 0 Å². The Morgan fingerprint density at radius 1 is 1.20 bits per heavy atom. The molecule has 15 heavy (non-hydrogen) atoms. The second kappa shape index (κ2) is 4.96. The molecule has 1 aliphatic rings. The van der Waals surface area contributed by atoms with Crippen LogP contribution in [0.4, 0.5) is 0 Å². The zero-order valence-electron chi connectivity index (χ0n) is 10.5. The minimum atomic E-state index is 0.0960. The van der Waals surface area contributed by atoms with Crippen LogP contribution in [0.1, 0.15) is 27.2 Å². The number of piperazine rings is 1. The van der Waals surface area contributed by atoms with Gasteiger partial charge < -0.3 is 4.90 Å². The number of likely N-dealkylation sites (N-methyl/N-ethyl adjacent to an activating group) is 1. The Balaban J connectivity index is 2.49. The maximum atomic E-state index is 9.20. The van der Waals surface area contributed by atoms with E-state index in [0.717, 1.165) is 32.6 Å². The zero-order chi connectivity index (χ0) is 11.5. The third kappa shape index (κ3) is 4.19. The lowest BCUT2D eigenvalue weighted by molar-refractivity contribution is 0.112. The van der Waals surface area contributed by atoms with Gasteiger partial charge in [0.15, 0.2) is 0 Å². The highest BCUT2D eigenvalue weighted by Crippen LogP contribution is 2.23. The average molecular weight is 209 g/mol. The van der Waals surface area contributed by atoms with Crippen molar-refractivity contribution in [2.45, 2.75) is 33.2 Å². The Bertz CT molecular complexity index is 228. The summed E-state index contributed by atoms with van der Waals surface area (Å²) in [7, 11) is 2.14. The summed E-state index contributed by atoms with van der Waals surface area (Å²) in [5.74, 6) is 0. The van der Waals surface area contributed by atoms with Crippen molar-refractivity contribution in [3.63, 3.8) is 0 Å². The monoisotopic (exact) mass is 209 g/mol. The van der Waals surface area contributed by atoms with Gasteiger partial charge in [-0.15, -0.1) is 0 Å². The summed E-state index contributed by atoms with van der Waals surface area (Å²) < 4.78 is 0. The molecule has 1 atom stereocenters. The number of nitriles is 1. The van der Waals surface area contributed by atoms with E-state index in [2.05, 4.69) is 43.7 Å². The molecule has 1 unspecified atom stereocenters. The Kier molecular flexibility index (Phi) is 4.12. The van der Waals surface area contributed by atoms with Gasteiger partial charge in [-0.25, -0.2) is 0 Å². The molecule has 1 fully saturated rings. The van der Waals surface area contributed by atoms with Gasteiger partial charge >= 0.3 is 0 Å². The molecule has 0 aromatic rings. The van der Waals surface area contributed by atoms with Crippen molar-refractivity contribution in [2.24, 2.45) is 5.41 Å². The molecule has 0 N–H and O–H groups in total. The fourth-order valence-corrected chi connectivity index (χ4v) is 1.97. The van der Waals surface area contributed by atoms with Crippen molar-refractivity contribution >= 4 is 0 Å². The maximum absolute atomic E-state index is 9.20. The summed E-state index contributed by atoms with van der Waals surface area (Å²) in [5, 5.41) is 9.20. The second-order valence-electron chi connectivity index (χ2n) is 5.75. The van der Waals surface area contributed by atoms with Crippen molar-refractivity contribution in [1.82, 2.24) is 9.80 Å². The molecular weight excluding hydrogens is 186 g/mol. The highest BCUT2D eigenvalue weighted by atomic mass is 15.3. The number of hydrogen-bond donors (Lipinski definition) is 0. The number of nitrogens with zero attached hydrogens (tertiary/aromatic N) is 3. The van der Waals surface area contributed by atoms with Crippen LogP contribution in [-0.2, 0) is 0 Å². The standard InChI is InChI=1S/C12H23N3/c1-12(2,3)9-11(10-13)15-7-5-14(4)6-8-15/h11H,5-9H2,1-4H3. The van der Waals surface area contributed by atoms with E-state index >= 15 is 0 Å². The summed E-state index contributed by atoms with van der Waals surface area (Å²) in [6, 6.07) is 2.55. The quantitative estimate of drug-likeness (QED) is 0.691. The minimum Gasteiger partial charge on any atom is -0.304 e. The Morgan fingerprint density at radius 2 is 1.73 bits per heavy atom. The first-order valence-corrected chi connectivity index (χ1v) is 5.74. The van der Waals surface area contributed by atoms with Crippen molar-refractivity contribution < 1.29 is 0 Å². The minimum absolute atomic E-state index is 0.0960. The van der Waals surface area contributed by atoms with Gasteiger partial charge in [0, 0.05) is 26.2 Å². The molecule has 3 nitrogen and oxygen atoms in total. The van der Waals surface area contributed by atoms with Crippen LogP contribution in [-0.4, -0.2) is 49.1 Å². The van der Waals surface area contributed by atoms with Crippen molar-refractivity contribution in [3.05, 3.63) is 0 Å². The molecule has 1 aliphatic heterocycles. The first-order chi connectivity index (χ1) is 6.92. The zero-order valence-corrected chi connectivity index (χ0v) is 10.5. The normalized spacial score (nSPS) is 22.3. The van der Waals surface area contributed by atoms with E-state index in [4.69, 9.17) is 0 Å². The fourth-order valence-electron chi connectivity index (χ4n) is 1.97. The fraction of sp³-hybridized carbons (Fsp3) is 0.917. The van der Waals surface area contributed by atoms with E-state index in [1.165, 1.54) is 0 Å². The molecule has 1 heterocycles. The SMILES string of the molecule is CN1CCN(C(C#N)CC(C)(C)C)CC1. The molecule has 1 saturated heterocycles. The molecule has 0 spiro atoms. The van der Waals surface area contributed by atoms with Crippen LogP contribution in [0.2, 0.25) is 0 Å². The van der Waals surface area contributed by atoms with Gasteiger partial charge in [0.1, 0.15) is 0 Å². The summed E-state index contributed by atoms with van der Waals surface area (Å²) in [6.45, 7) is 10.8. The predicted molar refractivity (Wildman–Crippen MR) is 62.5 cm³/mol. The molecule has 0 saturated carbocycles. The van der Waals surface area contributed by atoms with Crippen LogP contribution in [0.5, 0.6) is 0 Å². The Hall–Kier alpha value is -0.590. The van der Waals surface area contributed by atoms with Crippen LogP contribution >= 0.6 is 0 Å². The van der Waals surface area contributed by atoms with Crippen molar-refractivity contribution in [3.8, 4) is 6.07 Å². The first-order valence-electron chi connectivity index (χ1n) is 5.74. The predicted octanol–water partition coefficient (Wildman–Crippen LogP) is 1.56. The second-order valence-corrected chi connectivity index (χ2v) is 5.75. The molecule has 1 rings (SSSR count). The van der Waals surface area contributed by atoms with Gasteiger partial charge in [-0.2, -0.15) is 5.26 Å². The molecule has 3 heteroatoms. The molecule has 0 bridgehead atoms. The summed E-state index contributed by atoms with van der Waals surface area (Å²) >= 11 is 0. The van der Waals surface area contributed by atoms with Crippen LogP contribution in [0.3, 0.4) is 0 Å². The van der Waals surface area contributed by atoms with Gasteiger partial charge in [-0.3, -0.25) is 4.90 Å². The van der Waals surface area contributed by atoms with Gasteiger partial charge in [0.05, 0.1) is 12.1 Å². The van der Waals surface area contributed by atoms with Crippen LogP contribution in [0, 0.1) is 16.7 Å². The highest BCUT2D eigenvalue weighted by Gasteiger charge is 2.26. The van der Waals surface area contributed by atoms with E-state index in [-0.39, 0.29) is 11.5 Å². The molecule has 86 valence electrons. The molecule has 0 aromatic carbocycles. The van der Waals surface area contributed by atoms with E-state index < -0.39 is 0 Å². The van der Waals surface area contributed by atoms with Gasteiger partial charge in [-0.1, -0.05) is 20.8 Å². The average Bonchev–Trinajstić information content (AvgIpc) is 2.14. The lowest BCUT2D eigenvalue weighted by Crippen LogP contribution is -2.49. The molecule has 0 amide bonds. The Morgan fingerprint density at radius 3 is 2.13 bits per heavy atom. The Labute approximate surface area is 93.7 Å². The van der Waals surface area contributed by atoms with Gasteiger partial charge in [0.2, 0.25) is 0 Å². The topological polar surface area (TPSA) is 30.3 Å². The van der Waals surface area contributed by atoms with Crippen molar-refractivity contribution in [2.75, 3.05) is 33.2 Å². The van der Waals surface area contributed by atoms with Gasteiger partial charge in [0.25, 0.3) is 0 Å². The van der Waals surface area contributed by atoms with Crippen molar-refractivity contribution in [1.29, 1.82) is 5.26 Å². The lowest BCUT2D eigenvalue weighted by Gasteiger charge is -2.37. The third-order valence-electron chi connectivity index (χ3n) is 2.93. The highest BCUT2D eigenvalue weighted by molar-refractivity contribution is 4.95. The molecule has 0 aliphatic carbocycles. The van der Waals surface area contributed by atoms with E-state index in [1.54, 1.807) is 0 Å². The third-order valence-corrected chi connectivity index (χ3v) is 2.93. The van der Waals surface area contributed by atoms with E-state index in [0.29, 0.717) is 0 Å².